The second-order valence-corrected chi connectivity index (χ2v) is 5.69. The first-order valence-corrected chi connectivity index (χ1v) is 7.19. The number of nitrogens with two attached hydrogens (primary N) is 1. The SMILES string of the molecule is CC(NC(=O)c1cccc(C(N)=S)c1)C1CCCC1. The van der Waals surface area contributed by atoms with Crippen LogP contribution in [-0.4, -0.2) is 16.9 Å². The average Bonchev–Trinajstić information content (AvgIpc) is 2.92. The second-order valence-electron chi connectivity index (χ2n) is 5.25. The Morgan fingerprint density at radius 1 is 1.37 bits per heavy atom. The lowest BCUT2D eigenvalue weighted by atomic mass is 9.99. The maximum absolute atomic E-state index is 12.2. The van der Waals surface area contributed by atoms with Crippen molar-refractivity contribution in [2.45, 2.75) is 38.6 Å². The molecule has 0 aromatic heterocycles. The van der Waals surface area contributed by atoms with E-state index in [0.29, 0.717) is 16.5 Å². The Morgan fingerprint density at radius 2 is 2.00 bits per heavy atom. The van der Waals surface area contributed by atoms with Gasteiger partial charge in [0, 0.05) is 17.2 Å². The number of carbonyl (C=O) groups is 1. The molecule has 0 radical (unpaired) electrons. The molecule has 0 aliphatic heterocycles. The highest BCUT2D eigenvalue weighted by Crippen LogP contribution is 2.27. The van der Waals surface area contributed by atoms with Gasteiger partial charge in [-0.05, 0) is 37.8 Å². The molecule has 1 aromatic rings. The Bertz CT molecular complexity index is 481. The lowest BCUT2D eigenvalue weighted by molar-refractivity contribution is 0.0927. The maximum atomic E-state index is 12.2. The smallest absolute Gasteiger partial charge is 0.251 e. The summed E-state index contributed by atoms with van der Waals surface area (Å²) in [5, 5.41) is 3.08. The van der Waals surface area contributed by atoms with Gasteiger partial charge in [-0.3, -0.25) is 4.79 Å². The van der Waals surface area contributed by atoms with E-state index in [2.05, 4.69) is 12.2 Å². The van der Waals surface area contributed by atoms with Crippen molar-refractivity contribution in [3.8, 4) is 0 Å². The molecule has 0 spiro atoms. The van der Waals surface area contributed by atoms with E-state index in [4.69, 9.17) is 18.0 Å². The van der Waals surface area contributed by atoms with E-state index in [1.165, 1.54) is 25.7 Å². The van der Waals surface area contributed by atoms with Crippen molar-refractivity contribution in [1.82, 2.24) is 5.32 Å². The van der Waals surface area contributed by atoms with E-state index >= 15 is 0 Å². The van der Waals surface area contributed by atoms with Gasteiger partial charge in [0.15, 0.2) is 0 Å². The summed E-state index contributed by atoms with van der Waals surface area (Å²) in [6.07, 6.45) is 4.99. The normalized spacial score (nSPS) is 17.1. The van der Waals surface area contributed by atoms with Crippen molar-refractivity contribution < 1.29 is 4.79 Å². The van der Waals surface area contributed by atoms with Gasteiger partial charge in [0.25, 0.3) is 5.91 Å². The fourth-order valence-electron chi connectivity index (χ4n) is 2.68. The number of thiocarbonyl (C=S) groups is 1. The largest absolute Gasteiger partial charge is 0.389 e. The number of nitrogens with one attached hydrogen (secondary N) is 1. The van der Waals surface area contributed by atoms with Gasteiger partial charge in [-0.25, -0.2) is 0 Å². The zero-order valence-corrected chi connectivity index (χ0v) is 12.0. The van der Waals surface area contributed by atoms with Crippen LogP contribution < -0.4 is 11.1 Å². The van der Waals surface area contributed by atoms with Crippen LogP contribution in [0.5, 0.6) is 0 Å². The molecule has 3 nitrogen and oxygen atoms in total. The molecule has 0 heterocycles. The molecule has 0 bridgehead atoms. The van der Waals surface area contributed by atoms with E-state index in [1.807, 2.05) is 12.1 Å². The molecule has 1 amide bonds. The monoisotopic (exact) mass is 276 g/mol. The molecular weight excluding hydrogens is 256 g/mol. The van der Waals surface area contributed by atoms with Crippen LogP contribution in [0.2, 0.25) is 0 Å². The van der Waals surface area contributed by atoms with Gasteiger partial charge >= 0.3 is 0 Å². The molecule has 1 saturated carbocycles. The summed E-state index contributed by atoms with van der Waals surface area (Å²) in [7, 11) is 0. The van der Waals surface area contributed by atoms with Crippen molar-refractivity contribution in [1.29, 1.82) is 0 Å². The molecule has 1 aliphatic rings. The lowest BCUT2D eigenvalue weighted by Crippen LogP contribution is -2.37. The van der Waals surface area contributed by atoms with Crippen LogP contribution in [0.4, 0.5) is 0 Å². The molecule has 4 heteroatoms. The summed E-state index contributed by atoms with van der Waals surface area (Å²) in [5.41, 5.74) is 6.94. The average molecular weight is 276 g/mol. The summed E-state index contributed by atoms with van der Waals surface area (Å²) in [6, 6.07) is 7.39. The summed E-state index contributed by atoms with van der Waals surface area (Å²) in [4.78, 5) is 12.5. The van der Waals surface area contributed by atoms with Crippen molar-refractivity contribution in [2.75, 3.05) is 0 Å². The standard InChI is InChI=1S/C15H20N2OS/c1-10(11-5-2-3-6-11)17-15(18)13-8-4-7-12(9-13)14(16)19/h4,7-11H,2-3,5-6H2,1H3,(H2,16,19)(H,17,18). The number of hydrogen-bond donors (Lipinski definition) is 2. The maximum Gasteiger partial charge on any atom is 0.251 e. The molecule has 102 valence electrons. The van der Waals surface area contributed by atoms with Crippen molar-refractivity contribution >= 4 is 23.1 Å². The van der Waals surface area contributed by atoms with Crippen LogP contribution in [-0.2, 0) is 0 Å². The Kier molecular flexibility index (Phi) is 4.53. The topological polar surface area (TPSA) is 55.1 Å². The van der Waals surface area contributed by atoms with Crippen molar-refractivity contribution in [2.24, 2.45) is 11.7 Å². The fraction of sp³-hybridized carbons (Fsp3) is 0.467. The van der Waals surface area contributed by atoms with Crippen LogP contribution in [0.1, 0.15) is 48.5 Å². The van der Waals surface area contributed by atoms with Gasteiger partial charge in [0.2, 0.25) is 0 Å². The van der Waals surface area contributed by atoms with Gasteiger partial charge in [-0.2, -0.15) is 0 Å². The number of benzene rings is 1. The molecule has 3 N–H and O–H groups in total. The summed E-state index contributed by atoms with van der Waals surface area (Å²) in [6.45, 7) is 2.09. The summed E-state index contributed by atoms with van der Waals surface area (Å²) >= 11 is 4.93. The molecule has 1 atom stereocenters. The van der Waals surface area contributed by atoms with Gasteiger partial charge in [0.05, 0.1) is 0 Å². The molecular formula is C15H20N2OS. The number of rotatable bonds is 4. The minimum Gasteiger partial charge on any atom is -0.389 e. The molecule has 1 aromatic carbocycles. The Balaban J connectivity index is 2.02. The highest BCUT2D eigenvalue weighted by atomic mass is 32.1. The molecule has 1 fully saturated rings. The van der Waals surface area contributed by atoms with E-state index in [-0.39, 0.29) is 11.9 Å². The number of carbonyl (C=O) groups excluding carboxylic acids is 1. The first kappa shape index (κ1) is 14.0. The third-order valence-corrected chi connectivity index (χ3v) is 4.11. The lowest BCUT2D eigenvalue weighted by Gasteiger charge is -2.20. The third kappa shape index (κ3) is 3.53. The van der Waals surface area contributed by atoms with Crippen molar-refractivity contribution in [3.05, 3.63) is 35.4 Å². The Hall–Kier alpha value is -1.42. The van der Waals surface area contributed by atoms with Gasteiger partial charge < -0.3 is 11.1 Å². The number of hydrogen-bond acceptors (Lipinski definition) is 2. The van der Waals surface area contributed by atoms with Crippen LogP contribution in [0.15, 0.2) is 24.3 Å². The zero-order valence-electron chi connectivity index (χ0n) is 11.2. The first-order chi connectivity index (χ1) is 9.08. The molecule has 1 unspecified atom stereocenters. The number of amides is 1. The van der Waals surface area contributed by atoms with E-state index < -0.39 is 0 Å². The van der Waals surface area contributed by atoms with E-state index in [9.17, 15) is 4.79 Å². The van der Waals surface area contributed by atoms with Crippen molar-refractivity contribution in [3.63, 3.8) is 0 Å². The van der Waals surface area contributed by atoms with E-state index in [1.54, 1.807) is 12.1 Å². The molecule has 0 saturated heterocycles. The molecule has 19 heavy (non-hydrogen) atoms. The van der Waals surface area contributed by atoms with Gasteiger partial charge in [-0.1, -0.05) is 37.2 Å². The predicted octanol–water partition coefficient (Wildman–Crippen LogP) is 2.63. The fourth-order valence-corrected chi connectivity index (χ4v) is 2.81. The van der Waals surface area contributed by atoms with Crippen LogP contribution in [0, 0.1) is 5.92 Å². The van der Waals surface area contributed by atoms with Crippen LogP contribution in [0.25, 0.3) is 0 Å². The Labute approximate surface area is 119 Å². The van der Waals surface area contributed by atoms with Crippen LogP contribution >= 0.6 is 12.2 Å². The zero-order chi connectivity index (χ0) is 13.8. The molecule has 1 aliphatic carbocycles. The van der Waals surface area contributed by atoms with Gasteiger partial charge in [0.1, 0.15) is 4.99 Å². The highest BCUT2D eigenvalue weighted by Gasteiger charge is 2.23. The minimum absolute atomic E-state index is 0.0440. The van der Waals surface area contributed by atoms with Crippen LogP contribution in [0.3, 0.4) is 0 Å². The summed E-state index contributed by atoms with van der Waals surface area (Å²) < 4.78 is 0. The predicted molar refractivity (Wildman–Crippen MR) is 81.2 cm³/mol. The third-order valence-electron chi connectivity index (χ3n) is 3.87. The summed E-state index contributed by atoms with van der Waals surface area (Å²) in [5.74, 6) is 0.570. The first-order valence-electron chi connectivity index (χ1n) is 6.78. The highest BCUT2D eigenvalue weighted by molar-refractivity contribution is 7.80. The Morgan fingerprint density at radius 3 is 2.63 bits per heavy atom. The quantitative estimate of drug-likeness (QED) is 0.831. The molecule has 2 rings (SSSR count). The minimum atomic E-state index is -0.0440. The second kappa shape index (κ2) is 6.15. The van der Waals surface area contributed by atoms with Gasteiger partial charge in [-0.15, -0.1) is 0 Å². The van der Waals surface area contributed by atoms with E-state index in [0.717, 1.165) is 5.56 Å².